The van der Waals surface area contributed by atoms with E-state index in [1.54, 1.807) is 14.2 Å². The zero-order valence-electron chi connectivity index (χ0n) is 14.2. The van der Waals surface area contributed by atoms with Gasteiger partial charge in [-0.05, 0) is 61.0 Å². The first-order chi connectivity index (χ1) is 11.6. The van der Waals surface area contributed by atoms with Gasteiger partial charge < -0.3 is 19.7 Å². The molecule has 5 heteroatoms. The molecule has 0 saturated carbocycles. The van der Waals surface area contributed by atoms with Gasteiger partial charge in [-0.3, -0.25) is 0 Å². The van der Waals surface area contributed by atoms with Crippen LogP contribution >= 0.6 is 12.2 Å². The van der Waals surface area contributed by atoms with Gasteiger partial charge in [0.05, 0.1) is 20.3 Å². The SMILES string of the molecule is COc1cc2c(cc1OC)[C@@H](C)N(C(=S)Nc1ccccc1)CC2. The molecule has 1 heterocycles. The van der Waals surface area contributed by atoms with Crippen LogP contribution < -0.4 is 14.8 Å². The van der Waals surface area contributed by atoms with Crippen molar-refractivity contribution in [2.45, 2.75) is 19.4 Å². The fourth-order valence-electron chi connectivity index (χ4n) is 3.14. The van der Waals surface area contributed by atoms with Crippen LogP contribution in [0.2, 0.25) is 0 Å². The summed E-state index contributed by atoms with van der Waals surface area (Å²) in [6.07, 6.45) is 0.927. The van der Waals surface area contributed by atoms with Gasteiger partial charge in [-0.25, -0.2) is 0 Å². The van der Waals surface area contributed by atoms with Crippen LogP contribution in [0.1, 0.15) is 24.1 Å². The fraction of sp³-hybridized carbons (Fsp3) is 0.316. The second kappa shape index (κ2) is 7.09. The molecule has 0 aliphatic carbocycles. The molecule has 0 radical (unpaired) electrons. The zero-order chi connectivity index (χ0) is 17.1. The molecule has 0 spiro atoms. The minimum atomic E-state index is 0.178. The van der Waals surface area contributed by atoms with Gasteiger partial charge in [0.15, 0.2) is 16.6 Å². The Morgan fingerprint density at radius 1 is 1.12 bits per heavy atom. The van der Waals surface area contributed by atoms with E-state index in [1.165, 1.54) is 11.1 Å². The Kier molecular flexibility index (Phi) is 4.90. The summed E-state index contributed by atoms with van der Waals surface area (Å²) in [6, 6.07) is 14.3. The largest absolute Gasteiger partial charge is 0.493 e. The van der Waals surface area contributed by atoms with E-state index in [4.69, 9.17) is 21.7 Å². The highest BCUT2D eigenvalue weighted by Crippen LogP contribution is 2.38. The molecule has 2 aromatic carbocycles. The van der Waals surface area contributed by atoms with Crippen molar-refractivity contribution < 1.29 is 9.47 Å². The number of nitrogens with zero attached hydrogens (tertiary/aromatic N) is 1. The van der Waals surface area contributed by atoms with E-state index < -0.39 is 0 Å². The lowest BCUT2D eigenvalue weighted by Crippen LogP contribution is -2.41. The lowest BCUT2D eigenvalue weighted by molar-refractivity contribution is 0.316. The third-order valence-electron chi connectivity index (χ3n) is 4.47. The van der Waals surface area contributed by atoms with Crippen molar-refractivity contribution in [2.24, 2.45) is 0 Å². The van der Waals surface area contributed by atoms with Crippen molar-refractivity contribution in [1.29, 1.82) is 0 Å². The molecule has 1 atom stereocenters. The predicted octanol–water partition coefficient (Wildman–Crippen LogP) is 4.02. The number of nitrogens with one attached hydrogen (secondary N) is 1. The molecule has 0 fully saturated rings. The minimum Gasteiger partial charge on any atom is -0.493 e. The van der Waals surface area contributed by atoms with Crippen LogP contribution in [-0.2, 0) is 6.42 Å². The van der Waals surface area contributed by atoms with Gasteiger partial charge in [0, 0.05) is 12.2 Å². The highest BCUT2D eigenvalue weighted by Gasteiger charge is 2.27. The van der Waals surface area contributed by atoms with Gasteiger partial charge in [0.2, 0.25) is 0 Å². The third kappa shape index (κ3) is 3.17. The van der Waals surface area contributed by atoms with E-state index in [0.29, 0.717) is 0 Å². The summed E-state index contributed by atoms with van der Waals surface area (Å²) in [4.78, 5) is 2.22. The Labute approximate surface area is 148 Å². The lowest BCUT2D eigenvalue weighted by Gasteiger charge is -2.37. The molecular weight excluding hydrogens is 320 g/mol. The predicted molar refractivity (Wildman–Crippen MR) is 101 cm³/mol. The molecule has 1 aliphatic rings. The molecule has 126 valence electrons. The Morgan fingerprint density at radius 2 is 1.79 bits per heavy atom. The standard InChI is InChI=1S/C19H22N2O2S/c1-13-16-12-18(23-3)17(22-2)11-14(16)9-10-21(13)19(24)20-15-7-5-4-6-8-15/h4-8,11-13H,9-10H2,1-3H3,(H,20,24)/t13-/m1/s1. The summed E-state index contributed by atoms with van der Waals surface area (Å²) in [5.74, 6) is 1.54. The van der Waals surface area contributed by atoms with Crippen molar-refractivity contribution >= 4 is 23.0 Å². The second-order valence-electron chi connectivity index (χ2n) is 5.82. The summed E-state index contributed by atoms with van der Waals surface area (Å²) in [5.41, 5.74) is 3.53. The van der Waals surface area contributed by atoms with Crippen molar-refractivity contribution in [1.82, 2.24) is 4.90 Å². The average Bonchev–Trinajstić information content (AvgIpc) is 2.61. The normalized spacial score (nSPS) is 16.3. The van der Waals surface area contributed by atoms with E-state index in [9.17, 15) is 0 Å². The quantitative estimate of drug-likeness (QED) is 0.852. The molecule has 2 aromatic rings. The summed E-state index contributed by atoms with van der Waals surface area (Å²) in [7, 11) is 3.33. The van der Waals surface area contributed by atoms with E-state index in [-0.39, 0.29) is 6.04 Å². The Bertz CT molecular complexity index is 734. The first-order valence-corrected chi connectivity index (χ1v) is 8.42. The number of benzene rings is 2. The van der Waals surface area contributed by atoms with E-state index >= 15 is 0 Å². The number of hydrogen-bond donors (Lipinski definition) is 1. The molecule has 1 N–H and O–H groups in total. The number of methoxy groups -OCH3 is 2. The topological polar surface area (TPSA) is 33.7 Å². The maximum Gasteiger partial charge on any atom is 0.173 e. The first kappa shape index (κ1) is 16.6. The molecule has 0 saturated heterocycles. The molecule has 0 aromatic heterocycles. The lowest BCUT2D eigenvalue weighted by atomic mass is 9.93. The van der Waals surface area contributed by atoms with E-state index in [1.807, 2.05) is 30.3 Å². The monoisotopic (exact) mass is 342 g/mol. The number of hydrogen-bond acceptors (Lipinski definition) is 3. The van der Waals surface area contributed by atoms with Gasteiger partial charge in [-0.2, -0.15) is 0 Å². The number of ether oxygens (including phenoxy) is 2. The number of thiocarbonyl (C=S) groups is 1. The summed E-state index contributed by atoms with van der Waals surface area (Å²) in [5, 5.41) is 4.07. The molecule has 1 aliphatic heterocycles. The van der Waals surface area contributed by atoms with Crippen LogP contribution in [0.4, 0.5) is 5.69 Å². The van der Waals surface area contributed by atoms with Crippen molar-refractivity contribution in [2.75, 3.05) is 26.1 Å². The minimum absolute atomic E-state index is 0.178. The third-order valence-corrected chi connectivity index (χ3v) is 4.81. The summed E-state index contributed by atoms with van der Waals surface area (Å²) < 4.78 is 10.9. The second-order valence-corrected chi connectivity index (χ2v) is 6.21. The number of anilines is 1. The Morgan fingerprint density at radius 3 is 2.46 bits per heavy atom. The maximum atomic E-state index is 5.63. The molecule has 0 unspecified atom stereocenters. The van der Waals surface area contributed by atoms with Crippen LogP contribution in [0.3, 0.4) is 0 Å². The Balaban J connectivity index is 1.83. The van der Waals surface area contributed by atoms with Crippen molar-refractivity contribution in [3.63, 3.8) is 0 Å². The van der Waals surface area contributed by atoms with Crippen LogP contribution in [0, 0.1) is 0 Å². The van der Waals surface area contributed by atoms with Gasteiger partial charge in [-0.1, -0.05) is 18.2 Å². The fourth-order valence-corrected chi connectivity index (χ4v) is 3.51. The highest BCUT2D eigenvalue weighted by molar-refractivity contribution is 7.80. The van der Waals surface area contributed by atoms with Gasteiger partial charge in [0.25, 0.3) is 0 Å². The van der Waals surface area contributed by atoms with Crippen LogP contribution in [0.15, 0.2) is 42.5 Å². The molecule has 0 bridgehead atoms. The summed E-state index contributed by atoms with van der Waals surface area (Å²) in [6.45, 7) is 3.05. The smallest absolute Gasteiger partial charge is 0.173 e. The molecule has 4 nitrogen and oxygen atoms in total. The Hall–Kier alpha value is -2.27. The van der Waals surface area contributed by atoms with E-state index in [0.717, 1.165) is 35.3 Å². The van der Waals surface area contributed by atoms with Crippen molar-refractivity contribution in [3.8, 4) is 11.5 Å². The summed E-state index contributed by atoms with van der Waals surface area (Å²) >= 11 is 5.63. The zero-order valence-corrected chi connectivity index (χ0v) is 15.0. The van der Waals surface area contributed by atoms with Crippen LogP contribution in [0.5, 0.6) is 11.5 Å². The molecule has 3 rings (SSSR count). The van der Waals surface area contributed by atoms with Gasteiger partial charge in [-0.15, -0.1) is 0 Å². The van der Waals surface area contributed by atoms with Crippen LogP contribution in [0.25, 0.3) is 0 Å². The number of para-hydroxylation sites is 1. The van der Waals surface area contributed by atoms with E-state index in [2.05, 4.69) is 29.3 Å². The first-order valence-electron chi connectivity index (χ1n) is 8.01. The number of fused-ring (bicyclic) bond motifs is 1. The molecule has 0 amide bonds. The van der Waals surface area contributed by atoms with Crippen LogP contribution in [-0.4, -0.2) is 30.8 Å². The van der Waals surface area contributed by atoms with Crippen molar-refractivity contribution in [3.05, 3.63) is 53.6 Å². The maximum absolute atomic E-state index is 5.63. The van der Waals surface area contributed by atoms with Gasteiger partial charge in [0.1, 0.15) is 0 Å². The average molecular weight is 342 g/mol. The number of rotatable bonds is 3. The molecule has 24 heavy (non-hydrogen) atoms. The molecular formula is C19H22N2O2S. The van der Waals surface area contributed by atoms with Gasteiger partial charge >= 0.3 is 0 Å². The highest BCUT2D eigenvalue weighted by atomic mass is 32.1.